The van der Waals surface area contributed by atoms with E-state index in [9.17, 15) is 14.4 Å². The fourth-order valence-electron chi connectivity index (χ4n) is 4.06. The molecule has 0 fully saturated rings. The minimum absolute atomic E-state index is 0.0117. The third kappa shape index (κ3) is 2.70. The Morgan fingerprint density at radius 2 is 1.93 bits per heavy atom. The van der Waals surface area contributed by atoms with Crippen LogP contribution in [0.25, 0.3) is 10.9 Å². The van der Waals surface area contributed by atoms with Gasteiger partial charge in [0.15, 0.2) is 0 Å². The number of para-hydroxylation sites is 1. The molecule has 140 valence electrons. The summed E-state index contributed by atoms with van der Waals surface area (Å²) in [5, 5.41) is 1.19. The molecule has 0 spiro atoms. The van der Waals surface area contributed by atoms with Crippen LogP contribution >= 0.6 is 0 Å². The lowest BCUT2D eigenvalue weighted by molar-refractivity contribution is 0.0595. The van der Waals surface area contributed by atoms with Gasteiger partial charge < -0.3 is 14.5 Å². The van der Waals surface area contributed by atoms with Gasteiger partial charge in [0.05, 0.1) is 6.04 Å². The minimum Gasteiger partial charge on any atom is -0.356 e. The number of fused-ring (bicyclic) bond motifs is 3. The van der Waals surface area contributed by atoms with E-state index < -0.39 is 11.2 Å². The average Bonchev–Trinajstić information content (AvgIpc) is 3.01. The number of rotatable bonds is 2. The van der Waals surface area contributed by atoms with Gasteiger partial charge in [-0.25, -0.2) is 4.79 Å². The number of carbonyl (C=O) groups excluding carboxylic acids is 1. The Labute approximate surface area is 155 Å². The van der Waals surface area contributed by atoms with Gasteiger partial charge in [-0.1, -0.05) is 32.0 Å². The van der Waals surface area contributed by atoms with E-state index in [1.165, 1.54) is 28.8 Å². The Kier molecular flexibility index (Phi) is 4.02. The molecule has 2 aromatic heterocycles. The van der Waals surface area contributed by atoms with Gasteiger partial charge in [0.1, 0.15) is 5.56 Å². The van der Waals surface area contributed by atoms with E-state index >= 15 is 0 Å². The molecule has 2 N–H and O–H groups in total. The molecule has 1 aliphatic heterocycles. The molecule has 0 unspecified atom stereocenters. The number of carbonyl (C=O) groups is 1. The normalized spacial score (nSPS) is 16.7. The summed E-state index contributed by atoms with van der Waals surface area (Å²) in [7, 11) is 1.51. The van der Waals surface area contributed by atoms with Crippen LogP contribution < -0.4 is 11.2 Å². The fraction of sp³-hybridized carbons (Fsp3) is 0.350. The zero-order valence-corrected chi connectivity index (χ0v) is 15.6. The molecular formula is C20H22N4O3. The largest absolute Gasteiger partial charge is 0.356 e. The summed E-state index contributed by atoms with van der Waals surface area (Å²) < 4.78 is 1.22. The summed E-state index contributed by atoms with van der Waals surface area (Å²) in [5.74, 6) is -0.192. The van der Waals surface area contributed by atoms with Crippen molar-refractivity contribution in [2.24, 2.45) is 13.0 Å². The van der Waals surface area contributed by atoms with Gasteiger partial charge in [0, 0.05) is 36.4 Å². The van der Waals surface area contributed by atoms with E-state index in [4.69, 9.17) is 0 Å². The van der Waals surface area contributed by atoms with Crippen molar-refractivity contribution in [2.45, 2.75) is 26.3 Å². The molecule has 3 heterocycles. The Balaban J connectivity index is 1.82. The number of aromatic amines is 2. The molecule has 0 saturated carbocycles. The highest BCUT2D eigenvalue weighted by atomic mass is 16.2. The molecule has 0 aliphatic carbocycles. The monoisotopic (exact) mass is 366 g/mol. The number of nitrogens with one attached hydrogen (secondary N) is 2. The highest BCUT2D eigenvalue weighted by molar-refractivity contribution is 5.94. The molecule has 7 nitrogen and oxygen atoms in total. The van der Waals surface area contributed by atoms with Crippen LogP contribution in [0.5, 0.6) is 0 Å². The first-order chi connectivity index (χ1) is 12.9. The van der Waals surface area contributed by atoms with Crippen LogP contribution in [0.3, 0.4) is 0 Å². The quantitative estimate of drug-likeness (QED) is 0.726. The molecule has 1 atom stereocenters. The lowest BCUT2D eigenvalue weighted by Gasteiger charge is -2.38. The molecule has 27 heavy (non-hydrogen) atoms. The zero-order valence-electron chi connectivity index (χ0n) is 15.6. The van der Waals surface area contributed by atoms with Crippen molar-refractivity contribution in [3.8, 4) is 0 Å². The van der Waals surface area contributed by atoms with Gasteiger partial charge in [0.2, 0.25) is 0 Å². The predicted molar refractivity (Wildman–Crippen MR) is 103 cm³/mol. The van der Waals surface area contributed by atoms with Crippen molar-refractivity contribution < 1.29 is 4.79 Å². The van der Waals surface area contributed by atoms with Gasteiger partial charge in [-0.2, -0.15) is 0 Å². The number of amides is 1. The van der Waals surface area contributed by atoms with Crippen molar-refractivity contribution in [3.63, 3.8) is 0 Å². The van der Waals surface area contributed by atoms with Gasteiger partial charge in [-0.3, -0.25) is 14.6 Å². The summed E-state index contributed by atoms with van der Waals surface area (Å²) in [4.78, 5) is 44.5. The highest BCUT2D eigenvalue weighted by Gasteiger charge is 2.36. The first-order valence-electron chi connectivity index (χ1n) is 9.09. The number of hydrogen-bond donors (Lipinski definition) is 2. The van der Waals surface area contributed by atoms with Crippen LogP contribution in [-0.2, 0) is 13.5 Å². The summed E-state index contributed by atoms with van der Waals surface area (Å²) in [6.45, 7) is 4.66. The molecule has 1 aliphatic rings. The van der Waals surface area contributed by atoms with Gasteiger partial charge in [0.25, 0.3) is 11.5 Å². The summed E-state index contributed by atoms with van der Waals surface area (Å²) in [5.41, 5.74) is 2.14. The number of aryl methyl sites for hydroxylation is 1. The van der Waals surface area contributed by atoms with Crippen LogP contribution in [0, 0.1) is 5.92 Å². The Bertz CT molecular complexity index is 1150. The van der Waals surface area contributed by atoms with Crippen LogP contribution in [0.2, 0.25) is 0 Å². The molecule has 0 radical (unpaired) electrons. The second-order valence-corrected chi connectivity index (χ2v) is 7.41. The zero-order chi connectivity index (χ0) is 19.3. The average molecular weight is 366 g/mol. The molecule has 0 saturated heterocycles. The highest BCUT2D eigenvalue weighted by Crippen LogP contribution is 2.38. The Morgan fingerprint density at radius 3 is 2.67 bits per heavy atom. The standard InChI is InChI=1S/C20H22N4O3/c1-11(2)17-16-13(12-6-4-5-7-15(12)21-16)8-9-24(17)19(26)14-10-23(3)20(27)22-18(14)25/h4-7,10-11,17,21H,8-9H2,1-3H3,(H,22,25,27)/t17-/m1/s1. The maximum absolute atomic E-state index is 13.2. The van der Waals surface area contributed by atoms with Crippen molar-refractivity contribution in [1.82, 2.24) is 19.4 Å². The van der Waals surface area contributed by atoms with E-state index in [1.54, 1.807) is 4.90 Å². The van der Waals surface area contributed by atoms with Gasteiger partial charge in [-0.15, -0.1) is 0 Å². The third-order valence-electron chi connectivity index (χ3n) is 5.31. The maximum Gasteiger partial charge on any atom is 0.328 e. The smallest absolute Gasteiger partial charge is 0.328 e. The van der Waals surface area contributed by atoms with Crippen LogP contribution in [0.15, 0.2) is 40.1 Å². The number of hydrogen-bond acceptors (Lipinski definition) is 3. The van der Waals surface area contributed by atoms with Crippen molar-refractivity contribution >= 4 is 16.8 Å². The second-order valence-electron chi connectivity index (χ2n) is 7.41. The molecular weight excluding hydrogens is 344 g/mol. The maximum atomic E-state index is 13.2. The molecule has 4 rings (SSSR count). The van der Waals surface area contributed by atoms with Crippen LogP contribution in [0.4, 0.5) is 0 Å². The fourth-order valence-corrected chi connectivity index (χ4v) is 4.06. The van der Waals surface area contributed by atoms with Crippen molar-refractivity contribution in [2.75, 3.05) is 6.54 Å². The second kappa shape index (κ2) is 6.26. The molecule has 1 amide bonds. The van der Waals surface area contributed by atoms with E-state index in [1.807, 2.05) is 18.2 Å². The number of aromatic nitrogens is 3. The van der Waals surface area contributed by atoms with E-state index in [0.29, 0.717) is 6.54 Å². The Morgan fingerprint density at radius 1 is 1.19 bits per heavy atom. The van der Waals surface area contributed by atoms with Crippen LogP contribution in [0.1, 0.15) is 41.5 Å². The lowest BCUT2D eigenvalue weighted by atomic mass is 9.90. The summed E-state index contributed by atoms with van der Waals surface area (Å²) in [6, 6.07) is 7.97. The first kappa shape index (κ1) is 17.3. The van der Waals surface area contributed by atoms with Crippen molar-refractivity contribution in [3.05, 3.63) is 68.1 Å². The summed E-state index contributed by atoms with van der Waals surface area (Å²) >= 11 is 0. The molecule has 1 aromatic carbocycles. The topological polar surface area (TPSA) is 91.0 Å². The number of benzene rings is 1. The molecule has 7 heteroatoms. The predicted octanol–water partition coefficient (Wildman–Crippen LogP) is 1.95. The Hall–Kier alpha value is -3.09. The van der Waals surface area contributed by atoms with Gasteiger partial charge >= 0.3 is 5.69 Å². The number of H-pyrrole nitrogens is 2. The third-order valence-corrected chi connectivity index (χ3v) is 5.31. The minimum atomic E-state index is -0.645. The molecule has 0 bridgehead atoms. The van der Waals surface area contributed by atoms with E-state index in [0.717, 1.165) is 17.6 Å². The lowest BCUT2D eigenvalue weighted by Crippen LogP contribution is -2.45. The van der Waals surface area contributed by atoms with Gasteiger partial charge in [-0.05, 0) is 24.0 Å². The summed E-state index contributed by atoms with van der Waals surface area (Å²) in [6.07, 6.45) is 2.04. The van der Waals surface area contributed by atoms with E-state index in [-0.39, 0.29) is 23.4 Å². The van der Waals surface area contributed by atoms with E-state index in [2.05, 4.69) is 29.9 Å². The van der Waals surface area contributed by atoms with Crippen molar-refractivity contribution in [1.29, 1.82) is 0 Å². The number of nitrogens with zero attached hydrogens (tertiary/aromatic N) is 2. The molecule has 3 aromatic rings. The SMILES string of the molecule is CC(C)[C@@H]1c2[nH]c3ccccc3c2CCN1C(=O)c1cn(C)c(=O)[nH]c1=O. The van der Waals surface area contributed by atoms with Crippen LogP contribution in [-0.4, -0.2) is 31.9 Å². The first-order valence-corrected chi connectivity index (χ1v) is 9.09.